The van der Waals surface area contributed by atoms with Crippen LogP contribution in [0.1, 0.15) is 26.0 Å². The van der Waals surface area contributed by atoms with Gasteiger partial charge in [0.25, 0.3) is 0 Å². The van der Waals surface area contributed by atoms with Crippen molar-refractivity contribution < 1.29 is 17.9 Å². The normalized spacial score (nSPS) is 13.4. The molecule has 0 aliphatic heterocycles. The molecule has 1 unspecified atom stereocenters. The van der Waals surface area contributed by atoms with Crippen molar-refractivity contribution in [2.45, 2.75) is 39.1 Å². The van der Waals surface area contributed by atoms with E-state index in [1.165, 1.54) is 12.4 Å². The summed E-state index contributed by atoms with van der Waals surface area (Å²) in [5.41, 5.74) is 0.551. The van der Waals surface area contributed by atoms with Gasteiger partial charge in [-0.25, -0.2) is 4.98 Å². The second kappa shape index (κ2) is 6.53. The van der Waals surface area contributed by atoms with Crippen LogP contribution in [0.2, 0.25) is 0 Å². The number of ether oxygens (including phenoxy) is 1. The van der Waals surface area contributed by atoms with Crippen LogP contribution in [0.5, 0.6) is 5.88 Å². The maximum absolute atomic E-state index is 12.3. The first-order valence-electron chi connectivity index (χ1n) is 5.68. The molecule has 1 heterocycles. The van der Waals surface area contributed by atoms with Gasteiger partial charge in [-0.1, -0.05) is 6.92 Å². The molecule has 1 aromatic rings. The zero-order valence-electron chi connectivity index (χ0n) is 10.3. The Balaban J connectivity index is 2.59. The quantitative estimate of drug-likeness (QED) is 0.800. The summed E-state index contributed by atoms with van der Waals surface area (Å²) in [5.74, 6) is -0.115. The molecule has 1 rings (SSSR count). The van der Waals surface area contributed by atoms with Gasteiger partial charge in [0.2, 0.25) is 5.88 Å². The zero-order chi connectivity index (χ0) is 13.6. The summed E-state index contributed by atoms with van der Waals surface area (Å²) in [6, 6.07) is 0. The second-order valence-electron chi connectivity index (χ2n) is 3.83. The largest absolute Gasteiger partial charge is 0.464 e. The predicted octanol–water partition coefficient (Wildman–Crippen LogP) is 2.31. The predicted molar refractivity (Wildman–Crippen MR) is 60.2 cm³/mol. The number of alkyl halides is 3. The highest BCUT2D eigenvalue weighted by molar-refractivity contribution is 5.08. The average Bonchev–Trinajstić information content (AvgIpc) is 2.28. The Labute approximate surface area is 104 Å². The Bertz CT molecular complexity index is 371. The molecule has 0 amide bonds. The molecule has 0 spiro atoms. The van der Waals surface area contributed by atoms with Crippen molar-refractivity contribution in [2.75, 3.05) is 6.54 Å². The van der Waals surface area contributed by atoms with Gasteiger partial charge in [-0.05, 0) is 19.9 Å². The molecule has 18 heavy (non-hydrogen) atoms. The number of nitrogens with zero attached hydrogens (tertiary/aromatic N) is 2. The van der Waals surface area contributed by atoms with E-state index >= 15 is 0 Å². The number of hydrogen-bond donors (Lipinski definition) is 1. The van der Waals surface area contributed by atoms with Crippen molar-refractivity contribution in [1.29, 1.82) is 0 Å². The molecule has 0 bridgehead atoms. The SMILES string of the molecule is CCCNCc1cncc(OC(C)C(F)(F)F)n1. The van der Waals surface area contributed by atoms with E-state index in [4.69, 9.17) is 4.74 Å². The third kappa shape index (κ3) is 4.87. The third-order valence-electron chi connectivity index (χ3n) is 2.15. The van der Waals surface area contributed by atoms with Crippen molar-refractivity contribution >= 4 is 0 Å². The van der Waals surface area contributed by atoms with Crippen LogP contribution in [-0.2, 0) is 6.54 Å². The van der Waals surface area contributed by atoms with Gasteiger partial charge in [-0.3, -0.25) is 4.98 Å². The van der Waals surface area contributed by atoms with Crippen LogP contribution in [0.3, 0.4) is 0 Å². The molecule has 0 aromatic carbocycles. The number of halogens is 3. The minimum Gasteiger partial charge on any atom is -0.464 e. The maximum Gasteiger partial charge on any atom is 0.425 e. The van der Waals surface area contributed by atoms with Gasteiger partial charge in [0.15, 0.2) is 6.10 Å². The Kier molecular flexibility index (Phi) is 5.33. The monoisotopic (exact) mass is 263 g/mol. The lowest BCUT2D eigenvalue weighted by Gasteiger charge is -2.16. The molecule has 0 aliphatic carbocycles. The smallest absolute Gasteiger partial charge is 0.425 e. The van der Waals surface area contributed by atoms with E-state index in [-0.39, 0.29) is 5.88 Å². The van der Waals surface area contributed by atoms with Gasteiger partial charge in [0, 0.05) is 12.7 Å². The molecule has 0 fully saturated rings. The van der Waals surface area contributed by atoms with E-state index in [2.05, 4.69) is 15.3 Å². The van der Waals surface area contributed by atoms with Crippen LogP contribution < -0.4 is 10.1 Å². The van der Waals surface area contributed by atoms with E-state index in [9.17, 15) is 13.2 Å². The second-order valence-corrected chi connectivity index (χ2v) is 3.83. The summed E-state index contributed by atoms with van der Waals surface area (Å²) < 4.78 is 41.6. The van der Waals surface area contributed by atoms with E-state index in [0.717, 1.165) is 19.9 Å². The summed E-state index contributed by atoms with van der Waals surface area (Å²) in [4.78, 5) is 7.75. The average molecular weight is 263 g/mol. The lowest BCUT2D eigenvalue weighted by molar-refractivity contribution is -0.190. The van der Waals surface area contributed by atoms with E-state index in [0.29, 0.717) is 12.2 Å². The Morgan fingerprint density at radius 3 is 2.72 bits per heavy atom. The summed E-state index contributed by atoms with van der Waals surface area (Å²) >= 11 is 0. The highest BCUT2D eigenvalue weighted by atomic mass is 19.4. The number of rotatable bonds is 6. The number of nitrogens with one attached hydrogen (secondary N) is 1. The van der Waals surface area contributed by atoms with Gasteiger partial charge in [0.05, 0.1) is 11.9 Å². The fraction of sp³-hybridized carbons (Fsp3) is 0.636. The highest BCUT2D eigenvalue weighted by Gasteiger charge is 2.38. The molecule has 1 atom stereocenters. The molecule has 0 saturated carbocycles. The molecule has 102 valence electrons. The Hall–Kier alpha value is -1.37. The molecule has 0 radical (unpaired) electrons. The van der Waals surface area contributed by atoms with Crippen molar-refractivity contribution in [3.63, 3.8) is 0 Å². The number of aromatic nitrogens is 2. The number of hydrogen-bond acceptors (Lipinski definition) is 4. The Morgan fingerprint density at radius 2 is 2.11 bits per heavy atom. The van der Waals surface area contributed by atoms with E-state index in [1.807, 2.05) is 6.92 Å². The van der Waals surface area contributed by atoms with Gasteiger partial charge in [-0.2, -0.15) is 13.2 Å². The molecular formula is C11H16F3N3O. The lowest BCUT2D eigenvalue weighted by atomic mass is 10.4. The van der Waals surface area contributed by atoms with Crippen molar-refractivity contribution in [3.05, 3.63) is 18.1 Å². The standard InChI is InChI=1S/C11H16F3N3O/c1-3-4-15-5-9-6-16-7-10(17-9)18-8(2)11(12,13)14/h6-8,15H,3-5H2,1-2H3. The van der Waals surface area contributed by atoms with Crippen LogP contribution in [0.4, 0.5) is 13.2 Å². The fourth-order valence-corrected chi connectivity index (χ4v) is 1.17. The van der Waals surface area contributed by atoms with Crippen molar-refractivity contribution in [1.82, 2.24) is 15.3 Å². The van der Waals surface area contributed by atoms with Gasteiger partial charge < -0.3 is 10.1 Å². The molecular weight excluding hydrogens is 247 g/mol. The van der Waals surface area contributed by atoms with Gasteiger partial charge in [0.1, 0.15) is 0 Å². The summed E-state index contributed by atoms with van der Waals surface area (Å²) in [7, 11) is 0. The molecule has 1 N–H and O–H groups in total. The van der Waals surface area contributed by atoms with Crippen LogP contribution in [0, 0.1) is 0 Å². The molecule has 7 heteroatoms. The molecule has 1 aromatic heterocycles. The minimum atomic E-state index is -4.40. The minimum absolute atomic E-state index is 0.115. The summed E-state index contributed by atoms with van der Waals surface area (Å²) in [6.07, 6.45) is -2.67. The van der Waals surface area contributed by atoms with Crippen LogP contribution in [0.25, 0.3) is 0 Å². The first-order chi connectivity index (χ1) is 8.43. The first-order valence-corrected chi connectivity index (χ1v) is 5.68. The highest BCUT2D eigenvalue weighted by Crippen LogP contribution is 2.23. The fourth-order valence-electron chi connectivity index (χ4n) is 1.17. The topological polar surface area (TPSA) is 47.0 Å². The van der Waals surface area contributed by atoms with Crippen LogP contribution in [0.15, 0.2) is 12.4 Å². The van der Waals surface area contributed by atoms with Crippen molar-refractivity contribution in [3.8, 4) is 5.88 Å². The van der Waals surface area contributed by atoms with Gasteiger partial charge >= 0.3 is 6.18 Å². The zero-order valence-corrected chi connectivity index (χ0v) is 10.3. The summed E-state index contributed by atoms with van der Waals surface area (Å²) in [6.45, 7) is 4.22. The lowest BCUT2D eigenvalue weighted by Crippen LogP contribution is -2.31. The van der Waals surface area contributed by atoms with Crippen LogP contribution >= 0.6 is 0 Å². The van der Waals surface area contributed by atoms with E-state index in [1.54, 1.807) is 0 Å². The van der Waals surface area contributed by atoms with Crippen LogP contribution in [-0.4, -0.2) is 28.8 Å². The van der Waals surface area contributed by atoms with Crippen molar-refractivity contribution in [2.24, 2.45) is 0 Å². The molecule has 0 aliphatic rings. The first kappa shape index (κ1) is 14.7. The third-order valence-corrected chi connectivity index (χ3v) is 2.15. The molecule has 4 nitrogen and oxygen atoms in total. The van der Waals surface area contributed by atoms with E-state index < -0.39 is 12.3 Å². The van der Waals surface area contributed by atoms with Gasteiger partial charge in [-0.15, -0.1) is 0 Å². The Morgan fingerprint density at radius 1 is 1.39 bits per heavy atom. The summed E-state index contributed by atoms with van der Waals surface area (Å²) in [5, 5.41) is 3.08. The molecule has 0 saturated heterocycles. The maximum atomic E-state index is 12.3.